The Morgan fingerprint density at radius 1 is 1.05 bits per heavy atom. The largest absolute Gasteiger partial charge is 0.355 e. The Bertz CT molecular complexity index is 523. The highest BCUT2D eigenvalue weighted by Crippen LogP contribution is 2.12. The van der Waals surface area contributed by atoms with Crippen LogP contribution in [0, 0.1) is 5.92 Å². The molecule has 0 radical (unpaired) electrons. The normalized spacial score (nSPS) is 11.7. The van der Waals surface area contributed by atoms with Gasteiger partial charge in [0.1, 0.15) is 6.04 Å². The van der Waals surface area contributed by atoms with E-state index in [2.05, 4.69) is 16.0 Å². The molecule has 0 saturated heterocycles. The van der Waals surface area contributed by atoms with Gasteiger partial charge in [0, 0.05) is 25.2 Å². The van der Waals surface area contributed by atoms with Crippen molar-refractivity contribution in [3.8, 4) is 0 Å². The minimum atomic E-state index is -0.596. The molecule has 0 saturated carbocycles. The number of nitrogens with one attached hydrogen (secondary N) is 3. The second kappa shape index (κ2) is 7.42. The summed E-state index contributed by atoms with van der Waals surface area (Å²) in [6.07, 6.45) is 0. The smallest absolute Gasteiger partial charge is 0.251 e. The Balaban J connectivity index is 2.77. The number of rotatable bonds is 5. The van der Waals surface area contributed by atoms with Gasteiger partial charge in [-0.1, -0.05) is 13.8 Å². The van der Waals surface area contributed by atoms with Crippen molar-refractivity contribution in [3.63, 3.8) is 0 Å². The topological polar surface area (TPSA) is 87.3 Å². The molecule has 0 heterocycles. The maximum absolute atomic E-state index is 12.2. The van der Waals surface area contributed by atoms with E-state index in [1.54, 1.807) is 31.3 Å². The van der Waals surface area contributed by atoms with Crippen LogP contribution in [0.15, 0.2) is 24.3 Å². The number of benzene rings is 1. The summed E-state index contributed by atoms with van der Waals surface area (Å²) in [7, 11) is 1.55. The minimum Gasteiger partial charge on any atom is -0.355 e. The molecule has 114 valence electrons. The monoisotopic (exact) mass is 291 g/mol. The van der Waals surface area contributed by atoms with E-state index >= 15 is 0 Å². The quantitative estimate of drug-likeness (QED) is 0.760. The van der Waals surface area contributed by atoms with Gasteiger partial charge in [-0.2, -0.15) is 0 Å². The van der Waals surface area contributed by atoms with Crippen LogP contribution >= 0.6 is 0 Å². The molecular formula is C15H21N3O3. The average molecular weight is 291 g/mol. The second-order valence-electron chi connectivity index (χ2n) is 5.07. The molecule has 3 amide bonds. The van der Waals surface area contributed by atoms with Gasteiger partial charge in [-0.3, -0.25) is 14.4 Å². The van der Waals surface area contributed by atoms with Crippen LogP contribution in [-0.2, 0) is 9.59 Å². The lowest BCUT2D eigenvalue weighted by atomic mass is 10.0. The Kier molecular flexibility index (Phi) is 5.90. The molecule has 0 bridgehead atoms. The molecule has 1 atom stereocenters. The molecule has 1 rings (SSSR count). The van der Waals surface area contributed by atoms with E-state index in [1.807, 2.05) is 13.8 Å². The number of carbonyl (C=O) groups is 3. The first-order valence-electron chi connectivity index (χ1n) is 6.75. The highest BCUT2D eigenvalue weighted by molar-refractivity contribution is 5.98. The van der Waals surface area contributed by atoms with Crippen LogP contribution in [-0.4, -0.2) is 30.8 Å². The van der Waals surface area contributed by atoms with E-state index in [4.69, 9.17) is 0 Å². The molecule has 0 aliphatic carbocycles. The minimum absolute atomic E-state index is 0.0287. The van der Waals surface area contributed by atoms with E-state index in [1.165, 1.54) is 6.92 Å². The summed E-state index contributed by atoms with van der Waals surface area (Å²) in [4.78, 5) is 34.7. The summed E-state index contributed by atoms with van der Waals surface area (Å²) in [6, 6.07) is 5.94. The van der Waals surface area contributed by atoms with Gasteiger partial charge in [0.05, 0.1) is 0 Å². The van der Waals surface area contributed by atoms with Crippen molar-refractivity contribution < 1.29 is 14.4 Å². The van der Waals surface area contributed by atoms with Gasteiger partial charge in [0.2, 0.25) is 11.8 Å². The van der Waals surface area contributed by atoms with Crippen molar-refractivity contribution in [1.82, 2.24) is 10.6 Å². The van der Waals surface area contributed by atoms with E-state index in [0.717, 1.165) is 0 Å². The maximum atomic E-state index is 12.2. The van der Waals surface area contributed by atoms with Crippen LogP contribution in [0.2, 0.25) is 0 Å². The highest BCUT2D eigenvalue weighted by atomic mass is 16.2. The molecule has 6 nitrogen and oxygen atoms in total. The van der Waals surface area contributed by atoms with Gasteiger partial charge < -0.3 is 16.0 Å². The summed E-state index contributed by atoms with van der Waals surface area (Å²) in [5.41, 5.74) is 1.08. The SMILES string of the molecule is CNC(=O)c1ccc(NC(=O)[C@H](NC(C)=O)C(C)C)cc1. The highest BCUT2D eigenvalue weighted by Gasteiger charge is 2.22. The van der Waals surface area contributed by atoms with Gasteiger partial charge in [0.15, 0.2) is 0 Å². The lowest BCUT2D eigenvalue weighted by Crippen LogP contribution is -2.46. The Labute approximate surface area is 124 Å². The van der Waals surface area contributed by atoms with Crippen LogP contribution in [0.1, 0.15) is 31.1 Å². The third-order valence-electron chi connectivity index (χ3n) is 2.95. The standard InChI is InChI=1S/C15H21N3O3/c1-9(2)13(17-10(3)19)15(21)18-12-7-5-11(6-8-12)14(20)16-4/h5-9,13H,1-4H3,(H,16,20)(H,17,19)(H,18,21)/t13-/m1/s1. The summed E-state index contributed by atoms with van der Waals surface area (Å²) < 4.78 is 0. The molecule has 6 heteroatoms. The summed E-state index contributed by atoms with van der Waals surface area (Å²) >= 11 is 0. The third kappa shape index (κ3) is 4.91. The Hall–Kier alpha value is -2.37. The predicted molar refractivity (Wildman–Crippen MR) is 80.9 cm³/mol. The average Bonchev–Trinajstić information content (AvgIpc) is 2.44. The molecule has 0 aliphatic rings. The fourth-order valence-corrected chi connectivity index (χ4v) is 1.82. The van der Waals surface area contributed by atoms with Crippen molar-refractivity contribution in [1.29, 1.82) is 0 Å². The van der Waals surface area contributed by atoms with Crippen molar-refractivity contribution in [2.45, 2.75) is 26.8 Å². The fourth-order valence-electron chi connectivity index (χ4n) is 1.82. The molecule has 0 fully saturated rings. The molecule has 1 aromatic carbocycles. The zero-order valence-electron chi connectivity index (χ0n) is 12.7. The number of carbonyl (C=O) groups excluding carboxylic acids is 3. The number of hydrogen-bond acceptors (Lipinski definition) is 3. The molecule has 0 spiro atoms. The zero-order valence-corrected chi connectivity index (χ0v) is 12.7. The number of amides is 3. The van der Waals surface area contributed by atoms with E-state index in [0.29, 0.717) is 11.3 Å². The van der Waals surface area contributed by atoms with E-state index in [9.17, 15) is 14.4 Å². The molecule has 21 heavy (non-hydrogen) atoms. The van der Waals surface area contributed by atoms with Gasteiger partial charge in [-0.25, -0.2) is 0 Å². The Morgan fingerprint density at radius 3 is 2.05 bits per heavy atom. The first-order valence-corrected chi connectivity index (χ1v) is 6.75. The van der Waals surface area contributed by atoms with Crippen molar-refractivity contribution in [2.24, 2.45) is 5.92 Å². The van der Waals surface area contributed by atoms with Gasteiger partial charge in [-0.05, 0) is 30.2 Å². The zero-order chi connectivity index (χ0) is 16.0. The maximum Gasteiger partial charge on any atom is 0.251 e. The van der Waals surface area contributed by atoms with Gasteiger partial charge in [-0.15, -0.1) is 0 Å². The molecule has 3 N–H and O–H groups in total. The lowest BCUT2D eigenvalue weighted by molar-refractivity contribution is -0.126. The van der Waals surface area contributed by atoms with Gasteiger partial charge in [0.25, 0.3) is 5.91 Å². The third-order valence-corrected chi connectivity index (χ3v) is 2.95. The molecule has 0 unspecified atom stereocenters. The van der Waals surface area contributed by atoms with E-state index < -0.39 is 6.04 Å². The van der Waals surface area contributed by atoms with Gasteiger partial charge >= 0.3 is 0 Å². The summed E-state index contributed by atoms with van der Waals surface area (Å²) in [5.74, 6) is -0.753. The molecule has 0 aromatic heterocycles. The summed E-state index contributed by atoms with van der Waals surface area (Å²) in [5, 5.41) is 7.87. The first-order chi connectivity index (χ1) is 9.85. The van der Waals surface area contributed by atoms with Crippen LogP contribution in [0.5, 0.6) is 0 Å². The Morgan fingerprint density at radius 2 is 1.62 bits per heavy atom. The molecule has 0 aliphatic heterocycles. The molecule has 1 aromatic rings. The summed E-state index contributed by atoms with van der Waals surface area (Å²) in [6.45, 7) is 5.09. The predicted octanol–water partition coefficient (Wildman–Crippen LogP) is 1.15. The van der Waals surface area contributed by atoms with E-state index in [-0.39, 0.29) is 23.6 Å². The number of hydrogen-bond donors (Lipinski definition) is 3. The fraction of sp³-hybridized carbons (Fsp3) is 0.400. The molecular weight excluding hydrogens is 270 g/mol. The van der Waals surface area contributed by atoms with Crippen molar-refractivity contribution in [3.05, 3.63) is 29.8 Å². The van der Waals surface area contributed by atoms with Crippen LogP contribution in [0.3, 0.4) is 0 Å². The first kappa shape index (κ1) is 16.7. The van der Waals surface area contributed by atoms with Crippen molar-refractivity contribution >= 4 is 23.4 Å². The van der Waals surface area contributed by atoms with Crippen LogP contribution < -0.4 is 16.0 Å². The lowest BCUT2D eigenvalue weighted by Gasteiger charge is -2.21. The number of anilines is 1. The van der Waals surface area contributed by atoms with Crippen molar-refractivity contribution in [2.75, 3.05) is 12.4 Å². The van der Waals surface area contributed by atoms with Crippen LogP contribution in [0.4, 0.5) is 5.69 Å². The van der Waals surface area contributed by atoms with Crippen LogP contribution in [0.25, 0.3) is 0 Å². The second-order valence-corrected chi connectivity index (χ2v) is 5.07.